The summed E-state index contributed by atoms with van der Waals surface area (Å²) in [4.78, 5) is 26.9. The van der Waals surface area contributed by atoms with Gasteiger partial charge in [-0.25, -0.2) is 4.79 Å². The molecule has 102 valence electrons. The Morgan fingerprint density at radius 2 is 1.68 bits per heavy atom. The molecule has 1 heterocycles. The summed E-state index contributed by atoms with van der Waals surface area (Å²) in [6.07, 6.45) is 0.989. The molecule has 0 N–H and O–H groups in total. The Bertz CT molecular complexity index is 479. The molecule has 1 fully saturated rings. The van der Waals surface area contributed by atoms with E-state index in [-0.39, 0.29) is 24.5 Å². The Kier molecular flexibility index (Phi) is 3.88. The summed E-state index contributed by atoms with van der Waals surface area (Å²) in [5, 5.41) is 0. The van der Waals surface area contributed by atoms with Gasteiger partial charge in [0.1, 0.15) is 6.54 Å². The van der Waals surface area contributed by atoms with Gasteiger partial charge in [0.15, 0.2) is 0 Å². The molecule has 0 aromatic heterocycles. The van der Waals surface area contributed by atoms with E-state index in [1.807, 2.05) is 38.1 Å². The number of urea groups is 1. The lowest BCUT2D eigenvalue weighted by molar-refractivity contribution is -0.125. The first-order valence-electron chi connectivity index (χ1n) is 6.71. The molecule has 0 radical (unpaired) electrons. The lowest BCUT2D eigenvalue weighted by atomic mass is 10.1. The van der Waals surface area contributed by atoms with Crippen LogP contribution in [0.3, 0.4) is 0 Å². The van der Waals surface area contributed by atoms with E-state index < -0.39 is 0 Å². The first-order valence-corrected chi connectivity index (χ1v) is 6.71. The molecule has 1 aromatic rings. The second-order valence-electron chi connectivity index (χ2n) is 5.15. The van der Waals surface area contributed by atoms with E-state index in [0.29, 0.717) is 6.54 Å². The molecular weight excluding hydrogens is 240 g/mol. The minimum absolute atomic E-state index is 0.0592. The topological polar surface area (TPSA) is 40.6 Å². The Morgan fingerprint density at radius 3 is 2.16 bits per heavy atom. The summed E-state index contributed by atoms with van der Waals surface area (Å²) >= 11 is 0. The fraction of sp³-hybridized carbons (Fsp3) is 0.467. The average molecular weight is 260 g/mol. The predicted octanol–water partition coefficient (Wildman–Crippen LogP) is 2.42. The van der Waals surface area contributed by atoms with Gasteiger partial charge in [-0.05, 0) is 31.4 Å². The van der Waals surface area contributed by atoms with Crippen LogP contribution in [0, 0.1) is 0 Å². The Balaban J connectivity index is 2.10. The molecular formula is C15H20N2O2. The second kappa shape index (κ2) is 5.43. The lowest BCUT2D eigenvalue weighted by Crippen LogP contribution is -2.36. The minimum atomic E-state index is -0.181. The van der Waals surface area contributed by atoms with Crippen LogP contribution in [0.15, 0.2) is 24.3 Å². The summed E-state index contributed by atoms with van der Waals surface area (Å²) in [5.74, 6) is -0.113. The number of amides is 3. The SMILES string of the molecule is CCc1ccc(CN2C(=O)CN(C(C)C)C2=O)cc1. The van der Waals surface area contributed by atoms with Crippen LogP contribution in [0.1, 0.15) is 31.9 Å². The third-order valence-corrected chi connectivity index (χ3v) is 3.48. The van der Waals surface area contributed by atoms with Gasteiger partial charge in [0.2, 0.25) is 0 Å². The zero-order chi connectivity index (χ0) is 14.0. The highest BCUT2D eigenvalue weighted by Crippen LogP contribution is 2.17. The monoisotopic (exact) mass is 260 g/mol. The van der Waals surface area contributed by atoms with E-state index in [9.17, 15) is 9.59 Å². The van der Waals surface area contributed by atoms with Crippen LogP contribution >= 0.6 is 0 Å². The number of carbonyl (C=O) groups is 2. The first-order chi connectivity index (χ1) is 9.02. The molecule has 0 bridgehead atoms. The van der Waals surface area contributed by atoms with Crippen molar-refractivity contribution in [2.24, 2.45) is 0 Å². The number of imide groups is 1. The van der Waals surface area contributed by atoms with Crippen LogP contribution in [0.5, 0.6) is 0 Å². The maximum absolute atomic E-state index is 12.1. The number of nitrogens with zero attached hydrogens (tertiary/aromatic N) is 2. The van der Waals surface area contributed by atoms with Crippen LogP contribution in [0.4, 0.5) is 4.79 Å². The molecule has 0 saturated carbocycles. The van der Waals surface area contributed by atoms with Gasteiger partial charge in [-0.3, -0.25) is 9.69 Å². The molecule has 0 spiro atoms. The van der Waals surface area contributed by atoms with Crippen molar-refractivity contribution in [2.75, 3.05) is 6.54 Å². The third kappa shape index (κ3) is 2.78. The van der Waals surface area contributed by atoms with Gasteiger partial charge in [0.25, 0.3) is 5.91 Å². The molecule has 1 saturated heterocycles. The second-order valence-corrected chi connectivity index (χ2v) is 5.15. The third-order valence-electron chi connectivity index (χ3n) is 3.48. The summed E-state index contributed by atoms with van der Waals surface area (Å²) in [7, 11) is 0. The van der Waals surface area contributed by atoms with Crippen molar-refractivity contribution in [2.45, 2.75) is 39.8 Å². The molecule has 1 aliphatic rings. The quantitative estimate of drug-likeness (QED) is 0.780. The van der Waals surface area contributed by atoms with Crippen LogP contribution in [0.2, 0.25) is 0 Å². The Morgan fingerprint density at radius 1 is 1.11 bits per heavy atom. The fourth-order valence-electron chi connectivity index (χ4n) is 2.18. The number of aryl methyl sites for hydroxylation is 1. The number of hydrogen-bond donors (Lipinski definition) is 0. The van der Waals surface area contributed by atoms with E-state index in [2.05, 4.69) is 6.92 Å². The van der Waals surface area contributed by atoms with Crippen LogP contribution in [-0.4, -0.2) is 34.3 Å². The van der Waals surface area contributed by atoms with E-state index in [0.717, 1.165) is 12.0 Å². The molecule has 1 aliphatic heterocycles. The average Bonchev–Trinajstić information content (AvgIpc) is 2.68. The fourth-order valence-corrected chi connectivity index (χ4v) is 2.18. The van der Waals surface area contributed by atoms with Gasteiger partial charge < -0.3 is 4.90 Å². The predicted molar refractivity (Wildman–Crippen MR) is 73.6 cm³/mol. The van der Waals surface area contributed by atoms with Crippen molar-refractivity contribution in [1.29, 1.82) is 0 Å². The lowest BCUT2D eigenvalue weighted by Gasteiger charge is -2.20. The highest BCUT2D eigenvalue weighted by Gasteiger charge is 2.36. The van der Waals surface area contributed by atoms with Crippen molar-refractivity contribution in [3.05, 3.63) is 35.4 Å². The Hall–Kier alpha value is -1.84. The number of benzene rings is 1. The largest absolute Gasteiger partial charge is 0.327 e. The molecule has 0 atom stereocenters. The van der Waals surface area contributed by atoms with Crippen molar-refractivity contribution < 1.29 is 9.59 Å². The van der Waals surface area contributed by atoms with Crippen molar-refractivity contribution >= 4 is 11.9 Å². The first kappa shape index (κ1) is 13.6. The van der Waals surface area contributed by atoms with Crippen LogP contribution in [-0.2, 0) is 17.8 Å². The summed E-state index contributed by atoms with van der Waals surface area (Å²) in [6, 6.07) is 7.93. The summed E-state index contributed by atoms with van der Waals surface area (Å²) in [5.41, 5.74) is 2.25. The van der Waals surface area contributed by atoms with Crippen molar-refractivity contribution in [1.82, 2.24) is 9.80 Å². The molecule has 4 nitrogen and oxygen atoms in total. The van der Waals surface area contributed by atoms with E-state index >= 15 is 0 Å². The molecule has 19 heavy (non-hydrogen) atoms. The molecule has 0 unspecified atom stereocenters. The van der Waals surface area contributed by atoms with Crippen molar-refractivity contribution in [3.63, 3.8) is 0 Å². The van der Waals surface area contributed by atoms with E-state index in [4.69, 9.17) is 0 Å². The molecule has 4 heteroatoms. The highest BCUT2D eigenvalue weighted by atomic mass is 16.2. The van der Waals surface area contributed by atoms with Gasteiger partial charge in [-0.15, -0.1) is 0 Å². The molecule has 1 aromatic carbocycles. The number of rotatable bonds is 4. The van der Waals surface area contributed by atoms with Gasteiger partial charge in [-0.2, -0.15) is 0 Å². The smallest absolute Gasteiger partial charge is 0.313 e. The van der Waals surface area contributed by atoms with Crippen molar-refractivity contribution in [3.8, 4) is 0 Å². The van der Waals surface area contributed by atoms with Gasteiger partial charge >= 0.3 is 6.03 Å². The number of carbonyl (C=O) groups excluding carboxylic acids is 2. The normalized spacial score (nSPS) is 15.8. The Labute approximate surface area is 114 Å². The zero-order valence-electron chi connectivity index (χ0n) is 11.7. The minimum Gasteiger partial charge on any atom is -0.313 e. The van der Waals surface area contributed by atoms with E-state index in [1.54, 1.807) is 4.90 Å². The van der Waals surface area contributed by atoms with E-state index in [1.165, 1.54) is 10.5 Å². The van der Waals surface area contributed by atoms with Crippen LogP contribution < -0.4 is 0 Å². The van der Waals surface area contributed by atoms with Gasteiger partial charge in [-0.1, -0.05) is 31.2 Å². The molecule has 3 amide bonds. The molecule has 0 aliphatic carbocycles. The zero-order valence-corrected chi connectivity index (χ0v) is 11.7. The molecule has 2 rings (SSSR count). The highest BCUT2D eigenvalue weighted by molar-refractivity contribution is 6.02. The number of hydrogen-bond acceptors (Lipinski definition) is 2. The standard InChI is InChI=1S/C15H20N2O2/c1-4-12-5-7-13(8-6-12)9-17-14(18)10-16(11(2)3)15(17)19/h5-8,11H,4,9-10H2,1-3H3. The van der Waals surface area contributed by atoms with Crippen LogP contribution in [0.25, 0.3) is 0 Å². The van der Waals surface area contributed by atoms with Gasteiger partial charge in [0.05, 0.1) is 6.54 Å². The summed E-state index contributed by atoms with van der Waals surface area (Å²) in [6.45, 7) is 6.51. The van der Waals surface area contributed by atoms with Gasteiger partial charge in [0, 0.05) is 6.04 Å². The maximum Gasteiger partial charge on any atom is 0.327 e. The summed E-state index contributed by atoms with van der Waals surface area (Å²) < 4.78 is 0. The maximum atomic E-state index is 12.1.